The summed E-state index contributed by atoms with van der Waals surface area (Å²) in [6.45, 7) is 11.3. The van der Waals surface area contributed by atoms with E-state index in [0.717, 1.165) is 73.9 Å². The number of carbonyl (C=O) groups is 3. The van der Waals surface area contributed by atoms with Crippen molar-refractivity contribution in [3.8, 4) is 11.1 Å². The maximum Gasteiger partial charge on any atom is 0.251 e. The summed E-state index contributed by atoms with van der Waals surface area (Å²) in [7, 11) is 6.26. The fourth-order valence-electron chi connectivity index (χ4n) is 7.98. The first-order chi connectivity index (χ1) is 22.8. The molecule has 0 spiro atoms. The first kappa shape index (κ1) is 37.4. The number of nitrogens with zero attached hydrogens (tertiary/aromatic N) is 2. The molecule has 2 aliphatic rings. The van der Waals surface area contributed by atoms with E-state index in [4.69, 9.17) is 0 Å². The van der Waals surface area contributed by atoms with Crippen molar-refractivity contribution < 1.29 is 14.4 Å². The molecule has 8 heteroatoms. The molecule has 8 nitrogen and oxygen atoms in total. The third-order valence-electron chi connectivity index (χ3n) is 10.7. The van der Waals surface area contributed by atoms with Crippen LogP contribution in [0.3, 0.4) is 0 Å². The Balaban J connectivity index is 1.54. The molecule has 2 aromatic rings. The molecule has 1 heterocycles. The monoisotopic (exact) mass is 659 g/mol. The number of carbonyl (C=O) groups excluding carboxylic acids is 3. The molecule has 3 atom stereocenters. The minimum Gasteiger partial charge on any atom is -0.371 e. The van der Waals surface area contributed by atoms with Crippen molar-refractivity contribution in [1.29, 1.82) is 0 Å². The topological polar surface area (TPSA) is 93.8 Å². The fraction of sp³-hybridized carbons (Fsp3) is 0.625. The van der Waals surface area contributed by atoms with E-state index in [2.05, 4.69) is 98.0 Å². The second-order valence-corrected chi connectivity index (χ2v) is 15.3. The van der Waals surface area contributed by atoms with Gasteiger partial charge in [-0.25, -0.2) is 0 Å². The number of nitrogens with one attached hydrogen (secondary N) is 3. The van der Waals surface area contributed by atoms with Crippen LogP contribution in [0.4, 0.5) is 5.69 Å². The van der Waals surface area contributed by atoms with Crippen molar-refractivity contribution in [2.75, 3.05) is 32.6 Å². The predicted octanol–water partition coefficient (Wildman–Crippen LogP) is 6.84. The second-order valence-electron chi connectivity index (χ2n) is 15.3. The van der Waals surface area contributed by atoms with Crippen molar-refractivity contribution in [2.45, 2.75) is 123 Å². The van der Waals surface area contributed by atoms with Crippen molar-refractivity contribution in [2.24, 2.45) is 11.8 Å². The van der Waals surface area contributed by atoms with Crippen LogP contribution in [0.25, 0.3) is 11.1 Å². The minimum atomic E-state index is -0.258. The molecule has 2 fully saturated rings. The maximum atomic E-state index is 14.0. The molecule has 48 heavy (non-hydrogen) atoms. The molecule has 3 N–H and O–H groups in total. The lowest BCUT2D eigenvalue weighted by Crippen LogP contribution is -2.57. The Hall–Kier alpha value is -3.39. The average Bonchev–Trinajstić information content (AvgIpc) is 3.02. The first-order valence-corrected chi connectivity index (χ1v) is 18.3. The molecule has 4 rings (SSSR count). The van der Waals surface area contributed by atoms with Gasteiger partial charge >= 0.3 is 0 Å². The third-order valence-corrected chi connectivity index (χ3v) is 10.7. The van der Waals surface area contributed by atoms with E-state index >= 15 is 0 Å². The minimum absolute atomic E-state index is 0.0270. The van der Waals surface area contributed by atoms with Gasteiger partial charge < -0.3 is 25.8 Å². The summed E-state index contributed by atoms with van der Waals surface area (Å²) in [5.41, 5.74) is 5.74. The lowest BCUT2D eigenvalue weighted by molar-refractivity contribution is -0.132. The van der Waals surface area contributed by atoms with E-state index in [1.54, 1.807) is 6.92 Å². The van der Waals surface area contributed by atoms with Crippen LogP contribution in [0.5, 0.6) is 0 Å². The van der Waals surface area contributed by atoms with Gasteiger partial charge in [-0.2, -0.15) is 0 Å². The van der Waals surface area contributed by atoms with E-state index in [0.29, 0.717) is 18.2 Å². The number of amides is 3. The predicted molar refractivity (Wildman–Crippen MR) is 197 cm³/mol. The van der Waals surface area contributed by atoms with Crippen LogP contribution in [0.2, 0.25) is 0 Å². The van der Waals surface area contributed by atoms with Crippen LogP contribution in [0.1, 0.15) is 113 Å². The van der Waals surface area contributed by atoms with Crippen LogP contribution in [0.15, 0.2) is 36.4 Å². The molecule has 0 aromatic heterocycles. The number of benzene rings is 2. The van der Waals surface area contributed by atoms with E-state index in [1.807, 2.05) is 13.0 Å². The van der Waals surface area contributed by atoms with Crippen LogP contribution >= 0.6 is 0 Å². The molecule has 1 aliphatic heterocycles. The molecule has 3 amide bonds. The highest BCUT2D eigenvalue weighted by atomic mass is 16.2. The molecule has 264 valence electrons. The fourth-order valence-corrected chi connectivity index (χ4v) is 7.98. The highest BCUT2D eigenvalue weighted by molar-refractivity contribution is 5.99. The van der Waals surface area contributed by atoms with Crippen LogP contribution in [0, 0.1) is 18.8 Å². The quantitative estimate of drug-likeness (QED) is 0.193. The van der Waals surface area contributed by atoms with Gasteiger partial charge in [0.1, 0.15) is 0 Å². The van der Waals surface area contributed by atoms with Gasteiger partial charge in [0.05, 0.1) is 5.92 Å². The second kappa shape index (κ2) is 16.8. The lowest BCUT2D eigenvalue weighted by Gasteiger charge is -2.42. The highest BCUT2D eigenvalue weighted by Crippen LogP contribution is 2.36. The summed E-state index contributed by atoms with van der Waals surface area (Å²) >= 11 is 0. The van der Waals surface area contributed by atoms with E-state index in [-0.39, 0.29) is 41.1 Å². The van der Waals surface area contributed by atoms with Gasteiger partial charge in [-0.3, -0.25) is 14.4 Å². The van der Waals surface area contributed by atoms with Gasteiger partial charge in [-0.05, 0) is 107 Å². The van der Waals surface area contributed by atoms with E-state index in [9.17, 15) is 14.4 Å². The highest BCUT2D eigenvalue weighted by Gasteiger charge is 2.40. The summed E-state index contributed by atoms with van der Waals surface area (Å²) < 4.78 is 0. The van der Waals surface area contributed by atoms with Gasteiger partial charge in [-0.15, -0.1) is 0 Å². The van der Waals surface area contributed by atoms with E-state index < -0.39 is 0 Å². The van der Waals surface area contributed by atoms with Crippen LogP contribution in [-0.4, -0.2) is 67.9 Å². The van der Waals surface area contributed by atoms with Crippen molar-refractivity contribution in [1.82, 2.24) is 20.9 Å². The Labute approximate surface area is 289 Å². The number of rotatable bonds is 14. The molecule has 3 unspecified atom stereocenters. The Kier molecular flexibility index (Phi) is 13.1. The Morgan fingerprint density at radius 3 is 2.27 bits per heavy atom. The normalized spacial score (nSPS) is 24.2. The summed E-state index contributed by atoms with van der Waals surface area (Å²) in [5.74, 6) is -0.149. The van der Waals surface area contributed by atoms with Gasteiger partial charge in [-0.1, -0.05) is 63.8 Å². The Morgan fingerprint density at radius 2 is 1.67 bits per heavy atom. The van der Waals surface area contributed by atoms with Crippen molar-refractivity contribution >= 4 is 23.4 Å². The summed E-state index contributed by atoms with van der Waals surface area (Å²) in [6.07, 6.45) is 10.5. The first-order valence-electron chi connectivity index (χ1n) is 18.3. The summed E-state index contributed by atoms with van der Waals surface area (Å²) in [4.78, 5) is 43.5. The van der Waals surface area contributed by atoms with E-state index in [1.165, 1.54) is 24.8 Å². The largest absolute Gasteiger partial charge is 0.371 e. The number of hydrogen-bond acceptors (Lipinski definition) is 5. The van der Waals surface area contributed by atoms with Gasteiger partial charge in [0, 0.05) is 55.9 Å². The lowest BCUT2D eigenvalue weighted by atomic mass is 9.75. The third kappa shape index (κ3) is 9.83. The number of anilines is 1. The zero-order chi connectivity index (χ0) is 35.0. The molecule has 2 aromatic carbocycles. The molecule has 1 saturated carbocycles. The van der Waals surface area contributed by atoms with Gasteiger partial charge in [0.2, 0.25) is 11.8 Å². The van der Waals surface area contributed by atoms with Crippen molar-refractivity contribution in [3.63, 3.8) is 0 Å². The standard InChI is InChI=1S/C40H61N5O3/c1-9-10-11-12-21-40(5)24-27(2)36(39(48)43-40)25-41-38(47)35-22-32(31-15-13-30(14-16-31)26-44(6)7)23-37(28(35)3)45(8)34-19-17-33(18-20-34)42-29(4)46/h13-16,22-23,27,33-34,36H,9-12,17-21,24-26H2,1-8H3,(H,41,47)(H,42,46)(H,43,48)/t27?,33-,34-,36?,40?. The maximum absolute atomic E-state index is 14.0. The molecule has 0 radical (unpaired) electrons. The van der Waals surface area contributed by atoms with Gasteiger partial charge in [0.25, 0.3) is 5.91 Å². The average molecular weight is 660 g/mol. The molecule has 0 bridgehead atoms. The Morgan fingerprint density at radius 1 is 0.979 bits per heavy atom. The smallest absolute Gasteiger partial charge is 0.251 e. The molecular formula is C40H61N5O3. The number of unbranched alkanes of at least 4 members (excludes halogenated alkanes) is 3. The Bertz CT molecular complexity index is 1400. The zero-order valence-electron chi connectivity index (χ0n) is 30.9. The summed E-state index contributed by atoms with van der Waals surface area (Å²) in [6, 6.07) is 13.3. The number of piperidine rings is 1. The number of hydrogen-bond donors (Lipinski definition) is 3. The SMILES string of the molecule is CCCCCCC1(C)CC(C)C(CNC(=O)c2cc(-c3ccc(CN(C)C)cc3)cc(N(C)[C@H]3CC[C@H](NC(C)=O)CC3)c2C)C(=O)N1. The molecule has 1 aliphatic carbocycles. The zero-order valence-corrected chi connectivity index (χ0v) is 30.9. The van der Waals surface area contributed by atoms with Crippen LogP contribution in [-0.2, 0) is 16.1 Å². The van der Waals surface area contributed by atoms with Gasteiger partial charge in [0.15, 0.2) is 0 Å². The molecule has 1 saturated heterocycles. The summed E-state index contributed by atoms with van der Waals surface area (Å²) in [5, 5.41) is 9.58. The van der Waals surface area contributed by atoms with Crippen molar-refractivity contribution in [3.05, 3.63) is 53.1 Å². The molecular weight excluding hydrogens is 598 g/mol. The van der Waals surface area contributed by atoms with Crippen LogP contribution < -0.4 is 20.9 Å².